The first-order chi connectivity index (χ1) is 6.29. The first kappa shape index (κ1) is 8.19. The first-order valence-electron chi connectivity index (χ1n) is 3.82. The lowest BCUT2D eigenvalue weighted by molar-refractivity contribution is -0.114. The van der Waals surface area contributed by atoms with Gasteiger partial charge in [-0.3, -0.25) is 9.69 Å². The van der Waals surface area contributed by atoms with Gasteiger partial charge in [0, 0.05) is 0 Å². The third kappa shape index (κ3) is 1.40. The summed E-state index contributed by atoms with van der Waals surface area (Å²) < 4.78 is 0. The molecule has 0 bridgehead atoms. The van der Waals surface area contributed by atoms with Gasteiger partial charge >= 0.3 is 0 Å². The number of amides is 1. The number of nitrogens with one attached hydrogen (secondary N) is 1. The number of para-hydroxylation sites is 1. The van der Waals surface area contributed by atoms with Crippen LogP contribution >= 0.6 is 12.2 Å². The maximum atomic E-state index is 11.3. The van der Waals surface area contributed by atoms with Gasteiger partial charge in [0.15, 0.2) is 5.11 Å². The molecule has 1 aromatic carbocycles. The molecule has 0 atom stereocenters. The number of benzene rings is 1. The molecule has 1 aliphatic heterocycles. The molecule has 0 aromatic heterocycles. The van der Waals surface area contributed by atoms with E-state index in [1.807, 2.05) is 30.3 Å². The van der Waals surface area contributed by atoms with Crippen LogP contribution in [0.4, 0.5) is 5.69 Å². The average Bonchev–Trinajstić information content (AvgIpc) is 2.48. The molecule has 13 heavy (non-hydrogen) atoms. The summed E-state index contributed by atoms with van der Waals surface area (Å²) in [5.74, 6) is -0.129. The lowest BCUT2D eigenvalue weighted by atomic mass is 10.3. The summed E-state index contributed by atoms with van der Waals surface area (Å²) in [5.41, 5.74) is 0.791. The van der Waals surface area contributed by atoms with E-state index in [0.717, 1.165) is 5.69 Å². The van der Waals surface area contributed by atoms with Crippen LogP contribution in [0, 0.1) is 6.54 Å². The second-order valence-corrected chi connectivity index (χ2v) is 2.99. The Kier molecular flexibility index (Phi) is 1.98. The third-order valence-electron chi connectivity index (χ3n) is 1.76. The highest BCUT2D eigenvalue weighted by molar-refractivity contribution is 7.80. The van der Waals surface area contributed by atoms with Crippen molar-refractivity contribution in [3.8, 4) is 0 Å². The Morgan fingerprint density at radius 1 is 1.23 bits per heavy atom. The van der Waals surface area contributed by atoms with E-state index in [4.69, 9.17) is 12.2 Å². The summed E-state index contributed by atoms with van der Waals surface area (Å²) in [5, 5.41) is 3.13. The van der Waals surface area contributed by atoms with E-state index in [0.29, 0.717) is 5.11 Å². The van der Waals surface area contributed by atoms with Crippen molar-refractivity contribution in [3.05, 3.63) is 36.9 Å². The molecule has 4 heteroatoms. The van der Waals surface area contributed by atoms with E-state index in [2.05, 4.69) is 5.32 Å². The zero-order chi connectivity index (χ0) is 9.26. The van der Waals surface area contributed by atoms with Gasteiger partial charge in [0.1, 0.15) is 6.54 Å². The normalized spacial score (nSPS) is 16.2. The predicted octanol–water partition coefficient (Wildman–Crippen LogP) is 1.07. The molecular formula is C9H7N2OS. The van der Waals surface area contributed by atoms with E-state index in [9.17, 15) is 4.79 Å². The fourth-order valence-corrected chi connectivity index (χ4v) is 1.43. The molecule has 0 saturated carbocycles. The van der Waals surface area contributed by atoms with Crippen molar-refractivity contribution >= 4 is 28.9 Å². The molecule has 1 saturated heterocycles. The van der Waals surface area contributed by atoms with Crippen molar-refractivity contribution in [1.82, 2.24) is 5.32 Å². The van der Waals surface area contributed by atoms with Crippen molar-refractivity contribution in [2.45, 2.75) is 0 Å². The molecule has 3 nitrogen and oxygen atoms in total. The molecular weight excluding hydrogens is 184 g/mol. The Morgan fingerprint density at radius 2 is 1.92 bits per heavy atom. The van der Waals surface area contributed by atoms with Gasteiger partial charge in [0.25, 0.3) is 5.91 Å². The predicted molar refractivity (Wildman–Crippen MR) is 54.0 cm³/mol. The fraction of sp³-hybridized carbons (Fsp3) is 0. The highest BCUT2D eigenvalue weighted by Crippen LogP contribution is 2.17. The number of thiocarbonyl (C=S) groups is 1. The maximum absolute atomic E-state index is 11.3. The minimum atomic E-state index is -0.129. The molecule has 0 aliphatic carbocycles. The Balaban J connectivity index is 2.36. The minimum absolute atomic E-state index is 0.129. The van der Waals surface area contributed by atoms with Crippen LogP contribution in [0.5, 0.6) is 0 Å². The van der Waals surface area contributed by atoms with Crippen LogP contribution in [0.15, 0.2) is 30.3 Å². The smallest absolute Gasteiger partial charge is 0.258 e. The highest BCUT2D eigenvalue weighted by atomic mass is 32.1. The minimum Gasteiger partial charge on any atom is -0.348 e. The lowest BCUT2D eigenvalue weighted by Crippen LogP contribution is -2.30. The Labute approximate surface area is 81.4 Å². The lowest BCUT2D eigenvalue weighted by Gasteiger charge is -2.13. The molecule has 1 heterocycles. The van der Waals surface area contributed by atoms with E-state index in [-0.39, 0.29) is 5.91 Å². The van der Waals surface area contributed by atoms with Crippen molar-refractivity contribution in [3.63, 3.8) is 0 Å². The van der Waals surface area contributed by atoms with Gasteiger partial charge in [-0.1, -0.05) is 18.2 Å². The van der Waals surface area contributed by atoms with Gasteiger partial charge in [0.2, 0.25) is 0 Å². The second-order valence-electron chi connectivity index (χ2n) is 2.60. The van der Waals surface area contributed by atoms with Crippen LogP contribution < -0.4 is 10.2 Å². The molecule has 1 fully saturated rings. The van der Waals surface area contributed by atoms with E-state index in [1.54, 1.807) is 0 Å². The number of nitrogens with zero attached hydrogens (tertiary/aromatic N) is 1. The zero-order valence-electron chi connectivity index (χ0n) is 6.73. The standard InChI is InChI=1S/C9H7N2OS/c12-8-6-10-9(13)11(8)7-4-2-1-3-5-7/h1-6H,(H,10,13). The number of rotatable bonds is 1. The number of hydrogen-bond donors (Lipinski definition) is 1. The van der Waals surface area contributed by atoms with Crippen LogP contribution in [0.2, 0.25) is 0 Å². The van der Waals surface area contributed by atoms with Crippen molar-refractivity contribution in [2.24, 2.45) is 0 Å². The molecule has 2 rings (SSSR count). The summed E-state index contributed by atoms with van der Waals surface area (Å²) in [6.07, 6.45) is 0. The van der Waals surface area contributed by atoms with E-state index in [1.165, 1.54) is 11.4 Å². The summed E-state index contributed by atoms with van der Waals surface area (Å²) in [4.78, 5) is 12.8. The molecule has 65 valence electrons. The molecule has 0 spiro atoms. The van der Waals surface area contributed by atoms with Crippen LogP contribution in [0.1, 0.15) is 0 Å². The number of carbonyl (C=O) groups excluding carboxylic acids is 1. The molecule has 0 unspecified atom stereocenters. The second kappa shape index (κ2) is 3.14. The molecule has 1 aromatic rings. The Hall–Kier alpha value is -1.42. The Bertz CT molecular complexity index is 334. The van der Waals surface area contributed by atoms with Crippen LogP contribution in [0.25, 0.3) is 0 Å². The van der Waals surface area contributed by atoms with Crippen LogP contribution in [-0.2, 0) is 4.79 Å². The van der Waals surface area contributed by atoms with Gasteiger partial charge < -0.3 is 5.32 Å². The molecule has 1 aliphatic rings. The number of hydrogen-bond acceptors (Lipinski definition) is 2. The molecule has 1 amide bonds. The first-order valence-corrected chi connectivity index (χ1v) is 4.23. The van der Waals surface area contributed by atoms with E-state index >= 15 is 0 Å². The van der Waals surface area contributed by atoms with Crippen LogP contribution in [-0.4, -0.2) is 11.0 Å². The van der Waals surface area contributed by atoms with Crippen molar-refractivity contribution < 1.29 is 4.79 Å². The van der Waals surface area contributed by atoms with Gasteiger partial charge in [-0.2, -0.15) is 0 Å². The SMILES string of the molecule is O=C1[CH]NC(=S)N1c1ccccc1. The van der Waals surface area contributed by atoms with E-state index < -0.39 is 0 Å². The third-order valence-corrected chi connectivity index (χ3v) is 2.06. The van der Waals surface area contributed by atoms with Gasteiger partial charge in [-0.25, -0.2) is 0 Å². The number of carbonyl (C=O) groups is 1. The highest BCUT2D eigenvalue weighted by Gasteiger charge is 2.26. The van der Waals surface area contributed by atoms with Crippen LogP contribution in [0.3, 0.4) is 0 Å². The number of anilines is 1. The summed E-state index contributed by atoms with van der Waals surface area (Å²) in [6.45, 7) is 1.36. The summed E-state index contributed by atoms with van der Waals surface area (Å²) in [7, 11) is 0. The molecule has 1 N–H and O–H groups in total. The van der Waals surface area contributed by atoms with Crippen molar-refractivity contribution in [2.75, 3.05) is 4.90 Å². The fourth-order valence-electron chi connectivity index (χ4n) is 1.17. The Morgan fingerprint density at radius 3 is 2.46 bits per heavy atom. The quantitative estimate of drug-likeness (QED) is 0.674. The van der Waals surface area contributed by atoms with Gasteiger partial charge in [0.05, 0.1) is 5.69 Å². The summed E-state index contributed by atoms with van der Waals surface area (Å²) >= 11 is 4.96. The zero-order valence-corrected chi connectivity index (χ0v) is 7.54. The van der Waals surface area contributed by atoms with Gasteiger partial charge in [-0.05, 0) is 24.4 Å². The largest absolute Gasteiger partial charge is 0.348 e. The monoisotopic (exact) mass is 191 g/mol. The topological polar surface area (TPSA) is 32.3 Å². The summed E-state index contributed by atoms with van der Waals surface area (Å²) in [6, 6.07) is 9.30. The maximum Gasteiger partial charge on any atom is 0.258 e. The average molecular weight is 191 g/mol. The van der Waals surface area contributed by atoms with Crippen molar-refractivity contribution in [1.29, 1.82) is 0 Å². The van der Waals surface area contributed by atoms with Gasteiger partial charge in [-0.15, -0.1) is 0 Å². The molecule has 1 radical (unpaired) electrons.